The molecule has 0 saturated heterocycles. The largest absolute Gasteiger partial charge is 0.478 e. The summed E-state index contributed by atoms with van der Waals surface area (Å²) in [6.45, 7) is 0. The molecule has 2 aromatic carbocycles. The minimum absolute atomic E-state index is 0.151. The first kappa shape index (κ1) is 14.5. The Bertz CT molecular complexity index is 913. The van der Waals surface area contributed by atoms with Gasteiger partial charge in [0.05, 0.1) is 5.56 Å². The van der Waals surface area contributed by atoms with Gasteiger partial charge in [-0.25, -0.2) is 4.79 Å². The quantitative estimate of drug-likeness (QED) is 0.752. The number of carboxylic acid groups (broad SMARTS) is 1. The molecule has 0 aliphatic carbocycles. The Hall–Kier alpha value is -2.40. The number of pyridine rings is 1. The molecule has 0 saturated carbocycles. The standard InChI is InChI=1S/C17H12BrNO3/c18-11-7-5-10(6-8-11)9-14-15(17(21)22)12-3-1-2-4-13(12)16(20)19-14/h1-8H,9H2,(H,19,20)(H,21,22). The summed E-state index contributed by atoms with van der Waals surface area (Å²) in [7, 11) is 0. The summed E-state index contributed by atoms with van der Waals surface area (Å²) in [5.41, 5.74) is 1.22. The van der Waals surface area contributed by atoms with E-state index in [2.05, 4.69) is 20.9 Å². The third-order valence-corrected chi connectivity index (χ3v) is 4.04. The third-order valence-electron chi connectivity index (χ3n) is 3.52. The average Bonchev–Trinajstić information content (AvgIpc) is 2.49. The van der Waals surface area contributed by atoms with Gasteiger partial charge in [-0.2, -0.15) is 0 Å². The molecule has 0 bridgehead atoms. The highest BCUT2D eigenvalue weighted by Gasteiger charge is 2.17. The molecule has 0 amide bonds. The highest BCUT2D eigenvalue weighted by atomic mass is 79.9. The molecule has 4 nitrogen and oxygen atoms in total. The zero-order valence-corrected chi connectivity index (χ0v) is 13.1. The molecule has 1 aromatic heterocycles. The molecule has 0 spiro atoms. The van der Waals surface area contributed by atoms with E-state index in [0.717, 1.165) is 10.0 Å². The minimum atomic E-state index is -1.04. The van der Waals surface area contributed by atoms with Gasteiger partial charge < -0.3 is 10.1 Å². The van der Waals surface area contributed by atoms with Crippen LogP contribution in [-0.4, -0.2) is 16.1 Å². The molecule has 0 aliphatic heterocycles. The Balaban J connectivity index is 2.20. The van der Waals surface area contributed by atoms with E-state index in [1.54, 1.807) is 24.3 Å². The zero-order valence-electron chi connectivity index (χ0n) is 11.5. The summed E-state index contributed by atoms with van der Waals surface area (Å²) in [6, 6.07) is 14.3. The summed E-state index contributed by atoms with van der Waals surface area (Å²) in [5.74, 6) is -1.04. The monoisotopic (exact) mass is 357 g/mol. The van der Waals surface area contributed by atoms with Crippen molar-refractivity contribution in [2.24, 2.45) is 0 Å². The van der Waals surface area contributed by atoms with Gasteiger partial charge in [0.15, 0.2) is 0 Å². The van der Waals surface area contributed by atoms with E-state index in [9.17, 15) is 14.7 Å². The Morgan fingerprint density at radius 1 is 1.05 bits per heavy atom. The number of nitrogens with one attached hydrogen (secondary N) is 1. The van der Waals surface area contributed by atoms with Crippen LogP contribution in [0.5, 0.6) is 0 Å². The van der Waals surface area contributed by atoms with Gasteiger partial charge in [0.25, 0.3) is 5.56 Å². The Labute approximate surface area is 134 Å². The number of fused-ring (bicyclic) bond motifs is 1. The molecule has 0 atom stereocenters. The minimum Gasteiger partial charge on any atom is -0.478 e. The highest BCUT2D eigenvalue weighted by molar-refractivity contribution is 9.10. The fraction of sp³-hybridized carbons (Fsp3) is 0.0588. The summed E-state index contributed by atoms with van der Waals surface area (Å²) >= 11 is 3.36. The second-order valence-electron chi connectivity index (χ2n) is 4.96. The van der Waals surface area contributed by atoms with E-state index in [-0.39, 0.29) is 11.1 Å². The van der Waals surface area contributed by atoms with Gasteiger partial charge in [-0.05, 0) is 23.8 Å². The lowest BCUT2D eigenvalue weighted by Gasteiger charge is -2.10. The van der Waals surface area contributed by atoms with Crippen molar-refractivity contribution in [3.8, 4) is 0 Å². The van der Waals surface area contributed by atoms with Crippen LogP contribution >= 0.6 is 15.9 Å². The van der Waals surface area contributed by atoms with Crippen LogP contribution < -0.4 is 5.56 Å². The summed E-state index contributed by atoms with van der Waals surface area (Å²) in [4.78, 5) is 26.5. The smallest absolute Gasteiger partial charge is 0.338 e. The molecular weight excluding hydrogens is 346 g/mol. The van der Waals surface area contributed by atoms with Crippen molar-refractivity contribution in [2.75, 3.05) is 0 Å². The first-order valence-corrected chi connectivity index (χ1v) is 7.47. The Morgan fingerprint density at radius 3 is 2.32 bits per heavy atom. The van der Waals surface area contributed by atoms with Crippen molar-refractivity contribution >= 4 is 32.7 Å². The molecule has 110 valence electrons. The Morgan fingerprint density at radius 2 is 1.68 bits per heavy atom. The molecule has 2 N–H and O–H groups in total. The van der Waals surface area contributed by atoms with Crippen LogP contribution in [0, 0.1) is 0 Å². The van der Waals surface area contributed by atoms with Crippen molar-refractivity contribution in [1.29, 1.82) is 0 Å². The summed E-state index contributed by atoms with van der Waals surface area (Å²) < 4.78 is 0.946. The van der Waals surface area contributed by atoms with E-state index >= 15 is 0 Å². The number of aromatic carboxylic acids is 1. The van der Waals surface area contributed by atoms with Gasteiger partial charge in [-0.1, -0.05) is 46.3 Å². The fourth-order valence-electron chi connectivity index (χ4n) is 2.51. The highest BCUT2D eigenvalue weighted by Crippen LogP contribution is 2.21. The van der Waals surface area contributed by atoms with Crippen LogP contribution in [0.15, 0.2) is 57.8 Å². The fourth-order valence-corrected chi connectivity index (χ4v) is 2.78. The van der Waals surface area contributed by atoms with Crippen LogP contribution in [0.2, 0.25) is 0 Å². The molecule has 0 fully saturated rings. The first-order chi connectivity index (χ1) is 10.6. The van der Waals surface area contributed by atoms with Crippen LogP contribution in [0.25, 0.3) is 10.8 Å². The number of hydrogen-bond acceptors (Lipinski definition) is 2. The molecule has 0 aliphatic rings. The maximum atomic E-state index is 12.2. The van der Waals surface area contributed by atoms with Crippen molar-refractivity contribution < 1.29 is 9.90 Å². The van der Waals surface area contributed by atoms with Crippen LogP contribution in [0.1, 0.15) is 21.6 Å². The van der Waals surface area contributed by atoms with Gasteiger partial charge in [-0.15, -0.1) is 0 Å². The molecule has 1 heterocycles. The second kappa shape index (κ2) is 5.77. The topological polar surface area (TPSA) is 70.2 Å². The number of benzene rings is 2. The zero-order chi connectivity index (χ0) is 15.7. The van der Waals surface area contributed by atoms with Crippen molar-refractivity contribution in [3.63, 3.8) is 0 Å². The van der Waals surface area contributed by atoms with Crippen molar-refractivity contribution in [3.05, 3.63) is 80.2 Å². The lowest BCUT2D eigenvalue weighted by Crippen LogP contribution is -2.16. The van der Waals surface area contributed by atoms with Gasteiger partial charge in [0.1, 0.15) is 0 Å². The normalized spacial score (nSPS) is 10.8. The number of aromatic amines is 1. The van der Waals surface area contributed by atoms with Gasteiger partial charge in [0.2, 0.25) is 0 Å². The lowest BCUT2D eigenvalue weighted by molar-refractivity contribution is 0.0697. The summed E-state index contributed by atoms with van der Waals surface area (Å²) in [5, 5.41) is 10.4. The van der Waals surface area contributed by atoms with E-state index < -0.39 is 5.97 Å². The van der Waals surface area contributed by atoms with E-state index in [4.69, 9.17) is 0 Å². The van der Waals surface area contributed by atoms with Crippen LogP contribution in [-0.2, 0) is 6.42 Å². The summed E-state index contributed by atoms with van der Waals surface area (Å²) in [6.07, 6.45) is 0.356. The molecule has 22 heavy (non-hydrogen) atoms. The van der Waals surface area contributed by atoms with Crippen molar-refractivity contribution in [2.45, 2.75) is 6.42 Å². The number of carboxylic acids is 1. The van der Waals surface area contributed by atoms with Gasteiger partial charge in [0, 0.05) is 27.4 Å². The Kier molecular flexibility index (Phi) is 3.81. The second-order valence-corrected chi connectivity index (χ2v) is 5.88. The maximum absolute atomic E-state index is 12.2. The number of carbonyl (C=O) groups is 1. The molecule has 5 heteroatoms. The number of hydrogen-bond donors (Lipinski definition) is 2. The number of rotatable bonds is 3. The number of H-pyrrole nitrogens is 1. The average molecular weight is 358 g/mol. The van der Waals surface area contributed by atoms with E-state index in [0.29, 0.717) is 22.9 Å². The van der Waals surface area contributed by atoms with Crippen LogP contribution in [0.4, 0.5) is 0 Å². The molecular formula is C17H12BrNO3. The predicted molar refractivity (Wildman–Crippen MR) is 88.5 cm³/mol. The van der Waals surface area contributed by atoms with E-state index in [1.165, 1.54) is 0 Å². The predicted octanol–water partition coefficient (Wildman–Crippen LogP) is 3.58. The van der Waals surface area contributed by atoms with Crippen LogP contribution in [0.3, 0.4) is 0 Å². The SMILES string of the molecule is O=C(O)c1c(Cc2ccc(Br)cc2)[nH]c(=O)c2ccccc12. The number of halogens is 1. The van der Waals surface area contributed by atoms with E-state index in [1.807, 2.05) is 24.3 Å². The van der Waals surface area contributed by atoms with Gasteiger partial charge in [-0.3, -0.25) is 4.79 Å². The molecule has 3 aromatic rings. The number of aromatic nitrogens is 1. The third kappa shape index (κ3) is 2.67. The molecule has 0 unspecified atom stereocenters. The molecule has 0 radical (unpaired) electrons. The lowest BCUT2D eigenvalue weighted by atomic mass is 10.00. The first-order valence-electron chi connectivity index (χ1n) is 6.68. The van der Waals surface area contributed by atoms with Crippen molar-refractivity contribution in [1.82, 2.24) is 4.98 Å². The molecule has 3 rings (SSSR count). The van der Waals surface area contributed by atoms with Gasteiger partial charge >= 0.3 is 5.97 Å². The maximum Gasteiger partial charge on any atom is 0.338 e.